The number of rotatable bonds is 3. The minimum atomic E-state index is -0.797. The summed E-state index contributed by atoms with van der Waals surface area (Å²) in [5.41, 5.74) is 4.90. The van der Waals surface area contributed by atoms with Gasteiger partial charge in [0.2, 0.25) is 0 Å². The monoisotopic (exact) mass is 255 g/mol. The molecule has 1 fully saturated rings. The number of ether oxygens (including phenoxy) is 1. The van der Waals surface area contributed by atoms with E-state index in [1.54, 1.807) is 0 Å². The summed E-state index contributed by atoms with van der Waals surface area (Å²) in [6, 6.07) is 1.50. The lowest BCUT2D eigenvalue weighted by molar-refractivity contribution is -0.0481. The van der Waals surface area contributed by atoms with Crippen LogP contribution in [0.2, 0.25) is 0 Å². The van der Waals surface area contributed by atoms with Crippen molar-refractivity contribution >= 4 is 5.82 Å². The average Bonchev–Trinajstić information content (AvgIpc) is 2.65. The number of nitrogens with two attached hydrogens (primary N) is 1. The lowest BCUT2D eigenvalue weighted by atomic mass is 9.97. The van der Waals surface area contributed by atoms with E-state index in [4.69, 9.17) is 15.6 Å². The van der Waals surface area contributed by atoms with Crippen molar-refractivity contribution in [3.63, 3.8) is 0 Å². The van der Waals surface area contributed by atoms with Crippen molar-refractivity contribution in [1.29, 1.82) is 0 Å². The highest BCUT2D eigenvalue weighted by atomic mass is 16.5. The van der Waals surface area contributed by atoms with Gasteiger partial charge in [-0.15, -0.1) is 0 Å². The fourth-order valence-electron chi connectivity index (χ4n) is 2.29. The molecule has 0 saturated carbocycles. The van der Waals surface area contributed by atoms with E-state index >= 15 is 0 Å². The standard InChI is InChI=1S/C11H17N3O4/c1-2-6-9(16)7(5-15)18-10(6)14-4-3-8(12)13-11(14)17/h3-4,6-7,9-10,15-16H,2,5H2,1H3,(H2,12,13,17)/t6-,7-,9+,10-/m1/s1. The number of nitrogens with zero attached hydrogens (tertiary/aromatic N) is 2. The molecule has 0 radical (unpaired) electrons. The van der Waals surface area contributed by atoms with E-state index in [1.807, 2.05) is 6.92 Å². The normalized spacial score (nSPS) is 31.7. The van der Waals surface area contributed by atoms with Crippen LogP contribution in [0.15, 0.2) is 17.1 Å². The molecule has 2 rings (SSSR count). The molecule has 0 bridgehead atoms. The van der Waals surface area contributed by atoms with Crippen LogP contribution in [-0.4, -0.2) is 38.6 Å². The summed E-state index contributed by atoms with van der Waals surface area (Å²) in [4.78, 5) is 15.4. The lowest BCUT2D eigenvalue weighted by Gasteiger charge is -2.20. The zero-order chi connectivity index (χ0) is 13.3. The van der Waals surface area contributed by atoms with E-state index in [-0.39, 0.29) is 18.3 Å². The molecule has 18 heavy (non-hydrogen) atoms. The van der Waals surface area contributed by atoms with Crippen LogP contribution in [-0.2, 0) is 4.74 Å². The van der Waals surface area contributed by atoms with Crippen LogP contribution in [0.5, 0.6) is 0 Å². The third-order valence-corrected chi connectivity index (χ3v) is 3.28. The molecule has 1 aliphatic heterocycles. The molecule has 4 atom stereocenters. The van der Waals surface area contributed by atoms with Gasteiger partial charge in [-0.2, -0.15) is 4.98 Å². The smallest absolute Gasteiger partial charge is 0.351 e. The van der Waals surface area contributed by atoms with Crippen LogP contribution in [0.4, 0.5) is 5.82 Å². The van der Waals surface area contributed by atoms with Crippen molar-refractivity contribution in [1.82, 2.24) is 9.55 Å². The van der Waals surface area contributed by atoms with Crippen molar-refractivity contribution in [2.45, 2.75) is 31.8 Å². The van der Waals surface area contributed by atoms with Crippen LogP contribution >= 0.6 is 0 Å². The second kappa shape index (κ2) is 5.05. The van der Waals surface area contributed by atoms with E-state index in [2.05, 4.69) is 4.98 Å². The molecule has 0 aromatic carbocycles. The molecule has 1 aliphatic rings. The summed E-state index contributed by atoms with van der Waals surface area (Å²) in [5, 5.41) is 19.1. The Morgan fingerprint density at radius 3 is 2.89 bits per heavy atom. The molecule has 4 N–H and O–H groups in total. The number of aliphatic hydroxyl groups is 2. The van der Waals surface area contributed by atoms with Crippen molar-refractivity contribution in [2.75, 3.05) is 12.3 Å². The summed E-state index contributed by atoms with van der Waals surface area (Å²) in [5.74, 6) is -0.119. The fourth-order valence-corrected chi connectivity index (χ4v) is 2.29. The van der Waals surface area contributed by atoms with Crippen molar-refractivity contribution in [2.24, 2.45) is 5.92 Å². The first-order chi connectivity index (χ1) is 8.58. The first-order valence-corrected chi connectivity index (χ1v) is 5.87. The van der Waals surface area contributed by atoms with E-state index in [1.165, 1.54) is 16.8 Å². The molecular formula is C11H17N3O4. The second-order valence-corrected chi connectivity index (χ2v) is 4.35. The number of aliphatic hydroxyl groups excluding tert-OH is 2. The van der Waals surface area contributed by atoms with E-state index in [0.717, 1.165) is 0 Å². The summed E-state index contributed by atoms with van der Waals surface area (Å²) in [6.45, 7) is 1.60. The van der Waals surface area contributed by atoms with Gasteiger partial charge in [-0.05, 0) is 12.5 Å². The zero-order valence-electron chi connectivity index (χ0n) is 10.1. The minimum Gasteiger partial charge on any atom is -0.394 e. The van der Waals surface area contributed by atoms with Gasteiger partial charge in [0.25, 0.3) is 0 Å². The van der Waals surface area contributed by atoms with Crippen LogP contribution in [0.25, 0.3) is 0 Å². The third-order valence-electron chi connectivity index (χ3n) is 3.28. The maximum Gasteiger partial charge on any atom is 0.351 e. The Bertz CT molecular complexity index is 476. The maximum atomic E-state index is 11.7. The molecule has 100 valence electrons. The van der Waals surface area contributed by atoms with Crippen molar-refractivity contribution in [3.05, 3.63) is 22.7 Å². The molecule has 0 amide bonds. The number of nitrogen functional groups attached to an aromatic ring is 1. The first-order valence-electron chi connectivity index (χ1n) is 5.87. The Morgan fingerprint density at radius 2 is 2.33 bits per heavy atom. The summed E-state index contributed by atoms with van der Waals surface area (Å²) in [7, 11) is 0. The highest BCUT2D eigenvalue weighted by Crippen LogP contribution is 2.35. The molecule has 7 heteroatoms. The lowest BCUT2D eigenvalue weighted by Crippen LogP contribution is -2.32. The largest absolute Gasteiger partial charge is 0.394 e. The van der Waals surface area contributed by atoms with Gasteiger partial charge in [-0.25, -0.2) is 4.79 Å². The van der Waals surface area contributed by atoms with Crippen molar-refractivity contribution < 1.29 is 14.9 Å². The number of aromatic nitrogens is 2. The Hall–Kier alpha value is -1.44. The van der Waals surface area contributed by atoms with Crippen LogP contribution in [0, 0.1) is 5.92 Å². The van der Waals surface area contributed by atoms with Gasteiger partial charge in [0.1, 0.15) is 18.1 Å². The average molecular weight is 255 g/mol. The number of anilines is 1. The van der Waals surface area contributed by atoms with Gasteiger partial charge >= 0.3 is 5.69 Å². The van der Waals surface area contributed by atoms with Crippen LogP contribution in [0.3, 0.4) is 0 Å². The Kier molecular flexibility index (Phi) is 3.65. The van der Waals surface area contributed by atoms with Crippen LogP contribution < -0.4 is 11.4 Å². The van der Waals surface area contributed by atoms with Gasteiger partial charge < -0.3 is 20.7 Å². The van der Waals surface area contributed by atoms with E-state index in [0.29, 0.717) is 6.42 Å². The fraction of sp³-hybridized carbons (Fsp3) is 0.636. The van der Waals surface area contributed by atoms with Gasteiger partial charge in [0.15, 0.2) is 0 Å². The SMILES string of the molecule is CC[C@@H]1[C@H](O)[C@@H](CO)O[C@H]1n1ccc(N)nc1=O. The summed E-state index contributed by atoms with van der Waals surface area (Å²) in [6.07, 6.45) is 0.0190. The quantitative estimate of drug-likeness (QED) is 0.645. The number of hydrogen-bond acceptors (Lipinski definition) is 6. The highest BCUT2D eigenvalue weighted by Gasteiger charge is 2.43. The maximum absolute atomic E-state index is 11.7. The van der Waals surface area contributed by atoms with E-state index in [9.17, 15) is 9.90 Å². The van der Waals surface area contributed by atoms with Gasteiger partial charge in [0.05, 0.1) is 12.7 Å². The molecule has 1 aromatic rings. The third kappa shape index (κ3) is 2.12. The Balaban J connectivity index is 2.35. The predicted molar refractivity (Wildman–Crippen MR) is 63.7 cm³/mol. The Morgan fingerprint density at radius 1 is 1.61 bits per heavy atom. The van der Waals surface area contributed by atoms with Gasteiger partial charge in [-0.1, -0.05) is 6.92 Å². The van der Waals surface area contributed by atoms with E-state index < -0.39 is 24.1 Å². The molecule has 0 unspecified atom stereocenters. The first kappa shape index (κ1) is 13.0. The molecule has 1 saturated heterocycles. The zero-order valence-corrected chi connectivity index (χ0v) is 10.1. The van der Waals surface area contributed by atoms with Crippen LogP contribution in [0.1, 0.15) is 19.6 Å². The molecular weight excluding hydrogens is 238 g/mol. The second-order valence-electron chi connectivity index (χ2n) is 4.35. The minimum absolute atomic E-state index is 0.140. The highest BCUT2D eigenvalue weighted by molar-refractivity contribution is 5.23. The molecule has 1 aromatic heterocycles. The molecule has 2 heterocycles. The Labute approximate surface area is 104 Å². The van der Waals surface area contributed by atoms with Gasteiger partial charge in [0, 0.05) is 12.1 Å². The molecule has 0 spiro atoms. The summed E-state index contributed by atoms with van der Waals surface area (Å²) >= 11 is 0. The summed E-state index contributed by atoms with van der Waals surface area (Å²) < 4.78 is 6.81. The molecule has 7 nitrogen and oxygen atoms in total. The molecule has 0 aliphatic carbocycles. The van der Waals surface area contributed by atoms with Crippen molar-refractivity contribution in [3.8, 4) is 0 Å². The van der Waals surface area contributed by atoms with Gasteiger partial charge in [-0.3, -0.25) is 4.57 Å². The number of hydrogen-bond donors (Lipinski definition) is 3. The predicted octanol–water partition coefficient (Wildman–Crippen LogP) is -0.898. The topological polar surface area (TPSA) is 111 Å².